The van der Waals surface area contributed by atoms with Crippen LogP contribution in [0.4, 0.5) is 0 Å². The molecule has 0 radical (unpaired) electrons. The van der Waals surface area contributed by atoms with Crippen LogP contribution in [-0.2, 0) is 19.8 Å². The fraction of sp³-hybridized carbons (Fsp3) is 0.346. The molecular weight excluding hydrogens is 326 g/mol. The molecule has 1 aliphatic carbocycles. The smallest absolute Gasteiger partial charge is 0.201 e. The van der Waals surface area contributed by atoms with Crippen LogP contribution in [0.2, 0.25) is 0 Å². The Labute approximate surface area is 170 Å². The van der Waals surface area contributed by atoms with Gasteiger partial charge in [-0.15, -0.1) is 0 Å². The van der Waals surface area contributed by atoms with Gasteiger partial charge in [-0.05, 0) is 65.4 Å². The molecule has 3 aromatic rings. The maximum atomic E-state index is 8.89. The topological polar surface area (TPSA) is 3.88 Å². The fourth-order valence-corrected chi connectivity index (χ4v) is 4.09. The molecule has 0 spiro atoms. The van der Waals surface area contributed by atoms with E-state index < -0.39 is 18.6 Å². The molecule has 0 saturated heterocycles. The summed E-state index contributed by atoms with van der Waals surface area (Å²) in [6.45, 7) is 5.09. The van der Waals surface area contributed by atoms with Crippen LogP contribution in [0.5, 0.6) is 0 Å². The van der Waals surface area contributed by atoms with E-state index in [9.17, 15) is 0 Å². The van der Waals surface area contributed by atoms with Gasteiger partial charge >= 0.3 is 0 Å². The van der Waals surface area contributed by atoms with Crippen molar-refractivity contribution in [2.45, 2.75) is 47.3 Å². The van der Waals surface area contributed by atoms with Gasteiger partial charge < -0.3 is 0 Å². The summed E-state index contributed by atoms with van der Waals surface area (Å²) >= 11 is 0. The van der Waals surface area contributed by atoms with Crippen molar-refractivity contribution in [2.24, 2.45) is 12.5 Å². The van der Waals surface area contributed by atoms with E-state index >= 15 is 0 Å². The summed E-state index contributed by atoms with van der Waals surface area (Å²) < 4.78 is 43.8. The zero-order chi connectivity index (χ0) is 23.6. The number of aryl methyl sites for hydroxylation is 3. The van der Waals surface area contributed by atoms with Gasteiger partial charge in [0.15, 0.2) is 6.20 Å². The first-order chi connectivity index (χ1) is 14.7. The van der Waals surface area contributed by atoms with E-state index in [-0.39, 0.29) is 11.1 Å². The van der Waals surface area contributed by atoms with Gasteiger partial charge in [0.05, 0.1) is 5.56 Å². The number of aromatic nitrogens is 1. The molecule has 0 atom stereocenters. The first kappa shape index (κ1) is 12.9. The second kappa shape index (κ2) is 6.34. The molecule has 0 saturated carbocycles. The number of fused-ring (bicyclic) bond motifs is 3. The minimum absolute atomic E-state index is 0.0668. The maximum absolute atomic E-state index is 8.89. The van der Waals surface area contributed by atoms with E-state index in [4.69, 9.17) is 6.85 Å². The highest BCUT2D eigenvalue weighted by Gasteiger charge is 2.27. The molecule has 138 valence electrons. The first-order valence-corrected chi connectivity index (χ1v) is 9.49. The number of hydrogen-bond donors (Lipinski definition) is 0. The van der Waals surface area contributed by atoms with Crippen LogP contribution in [0.3, 0.4) is 0 Å². The lowest BCUT2D eigenvalue weighted by Crippen LogP contribution is -2.32. The molecule has 1 aromatic heterocycles. The standard InChI is InChI=1S/C26H30N/c1-17-11-12-22-21-10-8-7-9-19(21)13-23(22)25(17)24-14-20(15-26(3,4)5)18(2)16-27(24)6/h7-12,14,16H,13,15H2,1-6H3/q+1/i2D3,15D2. The highest BCUT2D eigenvalue weighted by molar-refractivity contribution is 5.84. The summed E-state index contributed by atoms with van der Waals surface area (Å²) in [6.07, 6.45) is 0.585. The Hall–Kier alpha value is -2.41. The van der Waals surface area contributed by atoms with Crippen molar-refractivity contribution in [1.82, 2.24) is 0 Å². The van der Waals surface area contributed by atoms with Crippen molar-refractivity contribution in [3.8, 4) is 22.4 Å². The molecule has 0 amide bonds. The van der Waals surface area contributed by atoms with Crippen LogP contribution in [0, 0.1) is 19.2 Å². The highest BCUT2D eigenvalue weighted by atomic mass is 14.9. The molecule has 2 aromatic carbocycles. The van der Waals surface area contributed by atoms with Gasteiger partial charge in [0.2, 0.25) is 5.69 Å². The summed E-state index contributed by atoms with van der Waals surface area (Å²) in [6, 6.07) is 14.4. The lowest BCUT2D eigenvalue weighted by atomic mass is 9.85. The van der Waals surface area contributed by atoms with Crippen LogP contribution in [0.1, 0.15) is 55.4 Å². The number of hydrogen-bond acceptors (Lipinski definition) is 0. The molecule has 4 rings (SSSR count). The first-order valence-electron chi connectivity index (χ1n) is 12.0. The second-order valence-corrected chi connectivity index (χ2v) is 8.59. The van der Waals surface area contributed by atoms with Gasteiger partial charge in [-0.2, -0.15) is 0 Å². The van der Waals surface area contributed by atoms with Crippen LogP contribution in [0.25, 0.3) is 22.4 Å². The summed E-state index contributed by atoms with van der Waals surface area (Å²) in [7, 11) is 1.85. The summed E-state index contributed by atoms with van der Waals surface area (Å²) in [4.78, 5) is 0. The Morgan fingerprint density at radius 2 is 1.85 bits per heavy atom. The molecule has 0 N–H and O–H groups in total. The van der Waals surface area contributed by atoms with Crippen LogP contribution in [0.15, 0.2) is 48.7 Å². The minimum Gasteiger partial charge on any atom is -0.201 e. The third kappa shape index (κ3) is 3.20. The van der Waals surface area contributed by atoms with E-state index in [0.717, 1.165) is 23.2 Å². The van der Waals surface area contributed by atoms with Gasteiger partial charge in [-0.1, -0.05) is 57.2 Å². The Bertz CT molecular complexity index is 1220. The molecule has 0 fully saturated rings. The zero-order valence-electron chi connectivity index (χ0n) is 21.8. The van der Waals surface area contributed by atoms with Crippen molar-refractivity contribution < 1.29 is 11.4 Å². The van der Waals surface area contributed by atoms with E-state index in [0.29, 0.717) is 0 Å². The average Bonchev–Trinajstić information content (AvgIpc) is 3.05. The van der Waals surface area contributed by atoms with Gasteiger partial charge in [-0.25, -0.2) is 4.57 Å². The molecular formula is C26H30N+. The van der Waals surface area contributed by atoms with Gasteiger partial charge in [-0.3, -0.25) is 0 Å². The molecule has 1 nitrogen and oxygen atoms in total. The third-order valence-corrected chi connectivity index (χ3v) is 5.24. The number of nitrogens with zero attached hydrogens (tertiary/aromatic N) is 1. The van der Waals surface area contributed by atoms with Crippen molar-refractivity contribution >= 4 is 0 Å². The maximum Gasteiger partial charge on any atom is 0.213 e. The van der Waals surface area contributed by atoms with Crippen LogP contribution >= 0.6 is 0 Å². The largest absolute Gasteiger partial charge is 0.213 e. The summed E-state index contributed by atoms with van der Waals surface area (Å²) in [5, 5.41) is 0. The van der Waals surface area contributed by atoms with Gasteiger partial charge in [0.25, 0.3) is 0 Å². The molecule has 0 aliphatic heterocycles. The Morgan fingerprint density at radius 1 is 1.07 bits per heavy atom. The van der Waals surface area contributed by atoms with Crippen LogP contribution in [-0.4, -0.2) is 0 Å². The number of pyridine rings is 1. The number of rotatable bonds is 2. The molecule has 1 heteroatoms. The van der Waals surface area contributed by atoms with Crippen molar-refractivity contribution in [2.75, 3.05) is 0 Å². The molecule has 0 unspecified atom stereocenters. The monoisotopic (exact) mass is 361 g/mol. The fourth-order valence-electron chi connectivity index (χ4n) is 4.09. The predicted octanol–water partition coefficient (Wildman–Crippen LogP) is 5.95. The second-order valence-electron chi connectivity index (χ2n) is 8.59. The van der Waals surface area contributed by atoms with Crippen molar-refractivity contribution in [1.29, 1.82) is 0 Å². The SMILES string of the molecule is [2H]C([2H])([2H])c1c[n+](C)c(-c2c(C)ccc3c2Cc2ccccc2-3)cc1C([2H])([2H])C(C)(C)C. The number of benzene rings is 2. The minimum atomic E-state index is -2.41. The van der Waals surface area contributed by atoms with Crippen molar-refractivity contribution in [3.05, 3.63) is 76.5 Å². The normalized spacial score (nSPS) is 16.6. The molecule has 1 heterocycles. The molecule has 0 bridgehead atoms. The van der Waals surface area contributed by atoms with E-state index in [1.54, 1.807) is 12.3 Å². The highest BCUT2D eigenvalue weighted by Crippen LogP contribution is 2.42. The molecule has 27 heavy (non-hydrogen) atoms. The zero-order valence-corrected chi connectivity index (χ0v) is 16.8. The quantitative estimate of drug-likeness (QED) is 0.388. The summed E-state index contributed by atoms with van der Waals surface area (Å²) in [5.74, 6) is 0. The lowest BCUT2D eigenvalue weighted by Gasteiger charge is -2.20. The van der Waals surface area contributed by atoms with E-state index in [1.165, 1.54) is 22.3 Å². The Balaban J connectivity index is 2.03. The third-order valence-electron chi connectivity index (χ3n) is 5.24. The van der Waals surface area contributed by atoms with Gasteiger partial charge in [0, 0.05) is 18.5 Å². The van der Waals surface area contributed by atoms with Crippen LogP contribution < -0.4 is 4.57 Å². The summed E-state index contributed by atoms with van der Waals surface area (Å²) in [5.41, 5.74) is 7.45. The Morgan fingerprint density at radius 3 is 2.59 bits per heavy atom. The van der Waals surface area contributed by atoms with Crippen molar-refractivity contribution in [3.63, 3.8) is 0 Å². The molecule has 1 aliphatic rings. The van der Waals surface area contributed by atoms with Gasteiger partial charge in [0.1, 0.15) is 7.05 Å². The Kier molecular flexibility index (Phi) is 3.02. The average molecular weight is 362 g/mol. The van der Waals surface area contributed by atoms with E-state index in [2.05, 4.69) is 43.3 Å². The lowest BCUT2D eigenvalue weighted by molar-refractivity contribution is -0.660. The predicted molar refractivity (Wildman–Crippen MR) is 114 cm³/mol. The van der Waals surface area contributed by atoms with E-state index in [1.807, 2.05) is 32.4 Å².